The van der Waals surface area contributed by atoms with Gasteiger partial charge >= 0.3 is 0 Å². The number of fused-ring (bicyclic) bond motifs is 1. The highest BCUT2D eigenvalue weighted by Crippen LogP contribution is 2.40. The van der Waals surface area contributed by atoms with E-state index in [-0.39, 0.29) is 5.82 Å². The molecule has 0 radical (unpaired) electrons. The Morgan fingerprint density at radius 2 is 2.25 bits per heavy atom. The van der Waals surface area contributed by atoms with Gasteiger partial charge in [0.15, 0.2) is 0 Å². The van der Waals surface area contributed by atoms with E-state index in [1.54, 1.807) is 6.92 Å². The summed E-state index contributed by atoms with van der Waals surface area (Å²) in [6.45, 7) is 3.98. The maximum absolute atomic E-state index is 13.6. The highest BCUT2D eigenvalue weighted by molar-refractivity contribution is 7.99. The van der Waals surface area contributed by atoms with Gasteiger partial charge in [-0.25, -0.2) is 9.37 Å². The molecular weight excluding hydrogens is 273 g/mol. The number of nitrogens with zero attached hydrogens (tertiary/aromatic N) is 2. The number of halogens is 1. The van der Waals surface area contributed by atoms with E-state index in [9.17, 15) is 4.39 Å². The SMILES string of the molecule is CCSC1CCC(n2c(N)nc3cc(F)c(C)cc32)C1. The molecule has 1 saturated carbocycles. The Hall–Kier alpha value is -1.23. The zero-order chi connectivity index (χ0) is 14.3. The summed E-state index contributed by atoms with van der Waals surface area (Å²) in [6, 6.07) is 3.76. The van der Waals surface area contributed by atoms with Crippen molar-refractivity contribution in [3.63, 3.8) is 0 Å². The molecule has 1 aromatic heterocycles. The maximum atomic E-state index is 13.6. The molecule has 108 valence electrons. The molecule has 0 saturated heterocycles. The minimum absolute atomic E-state index is 0.215. The molecule has 20 heavy (non-hydrogen) atoms. The van der Waals surface area contributed by atoms with Crippen LogP contribution in [0.3, 0.4) is 0 Å². The fourth-order valence-electron chi connectivity index (χ4n) is 3.16. The van der Waals surface area contributed by atoms with Crippen LogP contribution in [0.25, 0.3) is 11.0 Å². The molecule has 0 aliphatic heterocycles. The van der Waals surface area contributed by atoms with Crippen LogP contribution in [-0.2, 0) is 0 Å². The van der Waals surface area contributed by atoms with E-state index in [1.165, 1.54) is 12.5 Å². The second kappa shape index (κ2) is 5.28. The van der Waals surface area contributed by atoms with Crippen molar-refractivity contribution < 1.29 is 4.39 Å². The lowest BCUT2D eigenvalue weighted by Gasteiger charge is -2.15. The van der Waals surface area contributed by atoms with Crippen molar-refractivity contribution in [1.82, 2.24) is 9.55 Å². The van der Waals surface area contributed by atoms with Crippen LogP contribution in [0.15, 0.2) is 12.1 Å². The van der Waals surface area contributed by atoms with Gasteiger partial charge in [-0.15, -0.1) is 0 Å². The van der Waals surface area contributed by atoms with Crippen LogP contribution >= 0.6 is 11.8 Å². The van der Waals surface area contributed by atoms with Crippen molar-refractivity contribution in [2.75, 3.05) is 11.5 Å². The molecule has 5 heteroatoms. The van der Waals surface area contributed by atoms with E-state index in [4.69, 9.17) is 5.73 Å². The van der Waals surface area contributed by atoms with Gasteiger partial charge in [-0.3, -0.25) is 0 Å². The second-order valence-electron chi connectivity index (χ2n) is 5.47. The van der Waals surface area contributed by atoms with Crippen LogP contribution in [-0.4, -0.2) is 20.6 Å². The van der Waals surface area contributed by atoms with Crippen molar-refractivity contribution in [3.8, 4) is 0 Å². The number of imidazole rings is 1. The lowest BCUT2D eigenvalue weighted by Crippen LogP contribution is -2.10. The summed E-state index contributed by atoms with van der Waals surface area (Å²) in [5, 5.41) is 0.711. The molecule has 1 aromatic carbocycles. The van der Waals surface area contributed by atoms with Gasteiger partial charge in [0, 0.05) is 17.4 Å². The van der Waals surface area contributed by atoms with Crippen molar-refractivity contribution in [2.24, 2.45) is 0 Å². The fraction of sp³-hybridized carbons (Fsp3) is 0.533. The maximum Gasteiger partial charge on any atom is 0.201 e. The van der Waals surface area contributed by atoms with Gasteiger partial charge in [0.25, 0.3) is 0 Å². The Morgan fingerprint density at radius 1 is 1.45 bits per heavy atom. The highest BCUT2D eigenvalue weighted by Gasteiger charge is 2.28. The van der Waals surface area contributed by atoms with Crippen molar-refractivity contribution in [3.05, 3.63) is 23.5 Å². The van der Waals surface area contributed by atoms with Crippen LogP contribution in [0, 0.1) is 12.7 Å². The number of anilines is 1. The van der Waals surface area contributed by atoms with E-state index in [2.05, 4.69) is 16.5 Å². The highest BCUT2D eigenvalue weighted by atomic mass is 32.2. The summed E-state index contributed by atoms with van der Waals surface area (Å²) < 4.78 is 15.7. The van der Waals surface area contributed by atoms with E-state index in [0.717, 1.165) is 24.1 Å². The van der Waals surface area contributed by atoms with Crippen LogP contribution in [0.5, 0.6) is 0 Å². The molecule has 0 amide bonds. The van der Waals surface area contributed by atoms with Gasteiger partial charge < -0.3 is 10.3 Å². The zero-order valence-electron chi connectivity index (χ0n) is 11.9. The van der Waals surface area contributed by atoms with E-state index < -0.39 is 0 Å². The number of nitrogen functional groups attached to an aromatic ring is 1. The Kier molecular flexibility index (Phi) is 3.63. The topological polar surface area (TPSA) is 43.8 Å². The summed E-state index contributed by atoms with van der Waals surface area (Å²) in [4.78, 5) is 4.32. The number of aryl methyl sites for hydroxylation is 1. The second-order valence-corrected chi connectivity index (χ2v) is 7.05. The van der Waals surface area contributed by atoms with Gasteiger partial charge in [0.2, 0.25) is 5.95 Å². The number of aromatic nitrogens is 2. The first kappa shape index (κ1) is 13.7. The van der Waals surface area contributed by atoms with Crippen molar-refractivity contribution in [1.29, 1.82) is 0 Å². The first-order valence-electron chi connectivity index (χ1n) is 7.15. The zero-order valence-corrected chi connectivity index (χ0v) is 12.7. The minimum Gasteiger partial charge on any atom is -0.369 e. The Morgan fingerprint density at radius 3 is 3.00 bits per heavy atom. The average Bonchev–Trinajstić information content (AvgIpc) is 2.95. The molecule has 3 nitrogen and oxygen atoms in total. The van der Waals surface area contributed by atoms with Gasteiger partial charge in [0.05, 0.1) is 11.0 Å². The van der Waals surface area contributed by atoms with E-state index in [0.29, 0.717) is 28.3 Å². The molecule has 1 heterocycles. The molecule has 2 N–H and O–H groups in total. The van der Waals surface area contributed by atoms with Crippen molar-refractivity contribution in [2.45, 2.75) is 44.4 Å². The standard InChI is InChI=1S/C15H20FN3S/c1-3-20-11-5-4-10(7-11)19-14-6-9(2)12(16)8-13(14)18-15(19)17/h6,8,10-11H,3-5,7H2,1-2H3,(H2,17,18). The smallest absolute Gasteiger partial charge is 0.201 e. The van der Waals surface area contributed by atoms with Crippen LogP contribution < -0.4 is 5.73 Å². The fourth-order valence-corrected chi connectivity index (χ4v) is 4.29. The molecule has 1 aliphatic rings. The predicted octanol–water partition coefficient (Wildman–Crippen LogP) is 3.91. The number of thioether (sulfide) groups is 1. The molecule has 1 fully saturated rings. The average molecular weight is 293 g/mol. The number of benzene rings is 1. The number of hydrogen-bond donors (Lipinski definition) is 1. The quantitative estimate of drug-likeness (QED) is 0.933. The van der Waals surface area contributed by atoms with Gasteiger partial charge in [-0.2, -0.15) is 11.8 Å². The predicted molar refractivity (Wildman–Crippen MR) is 83.6 cm³/mol. The third-order valence-electron chi connectivity index (χ3n) is 4.12. The summed E-state index contributed by atoms with van der Waals surface area (Å²) in [5.41, 5.74) is 8.35. The van der Waals surface area contributed by atoms with Gasteiger partial charge in [-0.05, 0) is 43.6 Å². The summed E-state index contributed by atoms with van der Waals surface area (Å²) in [6.07, 6.45) is 3.48. The largest absolute Gasteiger partial charge is 0.369 e. The van der Waals surface area contributed by atoms with Gasteiger partial charge in [0.1, 0.15) is 5.82 Å². The van der Waals surface area contributed by atoms with Crippen LogP contribution in [0.4, 0.5) is 10.3 Å². The lowest BCUT2D eigenvalue weighted by molar-refractivity contribution is 0.540. The first-order chi connectivity index (χ1) is 9.60. The Balaban J connectivity index is 1.99. The monoisotopic (exact) mass is 293 g/mol. The summed E-state index contributed by atoms with van der Waals surface area (Å²) >= 11 is 2.02. The number of rotatable bonds is 3. The third-order valence-corrected chi connectivity index (χ3v) is 5.35. The van der Waals surface area contributed by atoms with Crippen molar-refractivity contribution >= 4 is 28.7 Å². The first-order valence-corrected chi connectivity index (χ1v) is 8.20. The molecule has 1 aliphatic carbocycles. The molecule has 2 atom stereocenters. The van der Waals surface area contributed by atoms with Gasteiger partial charge in [-0.1, -0.05) is 6.92 Å². The molecule has 2 aromatic rings. The molecular formula is C15H20FN3S. The Labute approximate surface area is 122 Å². The van der Waals surface area contributed by atoms with E-state index >= 15 is 0 Å². The lowest BCUT2D eigenvalue weighted by atomic mass is 10.2. The van der Waals surface area contributed by atoms with Crippen LogP contribution in [0.2, 0.25) is 0 Å². The van der Waals surface area contributed by atoms with E-state index in [1.807, 2.05) is 17.8 Å². The summed E-state index contributed by atoms with van der Waals surface area (Å²) in [7, 11) is 0. The number of hydrogen-bond acceptors (Lipinski definition) is 3. The third kappa shape index (κ3) is 2.28. The molecule has 0 spiro atoms. The van der Waals surface area contributed by atoms with Crippen LogP contribution in [0.1, 0.15) is 37.8 Å². The minimum atomic E-state index is -0.215. The normalized spacial score (nSPS) is 22.8. The summed E-state index contributed by atoms with van der Waals surface area (Å²) in [5.74, 6) is 1.45. The number of nitrogens with two attached hydrogens (primary N) is 1. The molecule has 3 rings (SSSR count). The molecule has 2 unspecified atom stereocenters. The molecule has 0 bridgehead atoms. The Bertz CT molecular complexity index is 638.